The van der Waals surface area contributed by atoms with E-state index in [1.807, 2.05) is 32.1 Å². The molecule has 0 bridgehead atoms. The molecule has 3 nitrogen and oxygen atoms in total. The molecular weight excluding hydrogens is 238 g/mol. The maximum atomic E-state index is 6.12. The minimum absolute atomic E-state index is 0.0800. The van der Waals surface area contributed by atoms with E-state index in [2.05, 4.69) is 0 Å². The normalized spacial score (nSPS) is 11.2. The van der Waals surface area contributed by atoms with Crippen molar-refractivity contribution in [1.29, 1.82) is 0 Å². The van der Waals surface area contributed by atoms with Crippen molar-refractivity contribution in [1.82, 2.24) is 0 Å². The first-order valence-electron chi connectivity index (χ1n) is 5.49. The fourth-order valence-corrected chi connectivity index (χ4v) is 1.60. The summed E-state index contributed by atoms with van der Waals surface area (Å²) in [5, 5.41) is 0.614. The van der Waals surface area contributed by atoms with E-state index in [1.54, 1.807) is 13.2 Å². The quantitative estimate of drug-likeness (QED) is 0.879. The van der Waals surface area contributed by atoms with Crippen LogP contribution in [-0.2, 0) is 0 Å². The summed E-state index contributed by atoms with van der Waals surface area (Å²) in [6, 6.07) is 3.60. The number of nitrogens with two attached hydrogens (primary N) is 1. The van der Waals surface area contributed by atoms with Crippen LogP contribution in [0.2, 0.25) is 5.02 Å². The Morgan fingerprint density at radius 2 is 2.06 bits per heavy atom. The van der Waals surface area contributed by atoms with Gasteiger partial charge in [0.25, 0.3) is 0 Å². The minimum Gasteiger partial charge on any atom is -0.493 e. The molecule has 1 aromatic carbocycles. The Bertz CT molecular complexity index is 403. The number of rotatable bonds is 5. The summed E-state index contributed by atoms with van der Waals surface area (Å²) in [5.74, 6) is 1.32. The fourth-order valence-electron chi connectivity index (χ4n) is 1.38. The van der Waals surface area contributed by atoms with Crippen LogP contribution < -0.4 is 15.2 Å². The maximum Gasteiger partial charge on any atom is 0.162 e. The van der Waals surface area contributed by atoms with E-state index in [9.17, 15) is 0 Å². The SMILES string of the molecule is COc1cc(Cl)c(/C=C/CN)cc1OC(C)C. The molecule has 0 saturated carbocycles. The smallest absolute Gasteiger partial charge is 0.162 e. The molecule has 0 unspecified atom stereocenters. The molecule has 0 fully saturated rings. The molecule has 0 heterocycles. The summed E-state index contributed by atoms with van der Waals surface area (Å²) in [6.45, 7) is 4.40. The second-order valence-electron chi connectivity index (χ2n) is 3.83. The highest BCUT2D eigenvalue weighted by Crippen LogP contribution is 2.34. The van der Waals surface area contributed by atoms with Crippen LogP contribution in [-0.4, -0.2) is 19.8 Å². The first-order chi connectivity index (χ1) is 8.08. The van der Waals surface area contributed by atoms with Crippen molar-refractivity contribution >= 4 is 17.7 Å². The third kappa shape index (κ3) is 3.95. The molecule has 0 aliphatic heterocycles. The highest BCUT2D eigenvalue weighted by molar-refractivity contribution is 6.32. The van der Waals surface area contributed by atoms with Crippen molar-refractivity contribution in [3.8, 4) is 11.5 Å². The van der Waals surface area contributed by atoms with Crippen LogP contribution in [0.15, 0.2) is 18.2 Å². The van der Waals surface area contributed by atoms with Crippen molar-refractivity contribution in [2.45, 2.75) is 20.0 Å². The van der Waals surface area contributed by atoms with Gasteiger partial charge in [0, 0.05) is 12.6 Å². The molecule has 0 radical (unpaired) electrons. The molecule has 17 heavy (non-hydrogen) atoms. The summed E-state index contributed by atoms with van der Waals surface area (Å²) in [5.41, 5.74) is 6.28. The Kier molecular flexibility index (Phi) is 5.32. The fraction of sp³-hybridized carbons (Fsp3) is 0.385. The molecule has 94 valence electrons. The molecule has 0 aliphatic rings. The van der Waals surface area contributed by atoms with Crippen molar-refractivity contribution in [3.63, 3.8) is 0 Å². The number of methoxy groups -OCH3 is 1. The zero-order valence-corrected chi connectivity index (χ0v) is 11.1. The van der Waals surface area contributed by atoms with E-state index in [1.165, 1.54) is 0 Å². The lowest BCUT2D eigenvalue weighted by atomic mass is 10.2. The summed E-state index contributed by atoms with van der Waals surface area (Å²) in [4.78, 5) is 0. The third-order valence-corrected chi connectivity index (χ3v) is 2.41. The topological polar surface area (TPSA) is 44.5 Å². The highest BCUT2D eigenvalue weighted by atomic mass is 35.5. The van der Waals surface area contributed by atoms with Gasteiger partial charge in [-0.05, 0) is 25.5 Å². The number of hydrogen-bond acceptors (Lipinski definition) is 3. The molecule has 0 aromatic heterocycles. The first kappa shape index (κ1) is 13.9. The zero-order valence-electron chi connectivity index (χ0n) is 10.4. The Morgan fingerprint density at radius 3 is 2.59 bits per heavy atom. The minimum atomic E-state index is 0.0800. The molecule has 2 N–H and O–H groups in total. The van der Waals surface area contributed by atoms with E-state index in [0.29, 0.717) is 23.1 Å². The number of benzene rings is 1. The van der Waals surface area contributed by atoms with Crippen molar-refractivity contribution in [3.05, 3.63) is 28.8 Å². The lowest BCUT2D eigenvalue weighted by molar-refractivity contribution is 0.230. The van der Waals surface area contributed by atoms with E-state index in [4.69, 9.17) is 26.8 Å². The van der Waals surface area contributed by atoms with Crippen LogP contribution in [0.5, 0.6) is 11.5 Å². The standard InChI is InChI=1S/C13H18ClNO2/c1-9(2)17-13-7-10(5-4-6-15)11(14)8-12(13)16-3/h4-5,7-9H,6,15H2,1-3H3/b5-4+. The second kappa shape index (κ2) is 6.52. The molecule has 4 heteroatoms. The summed E-state index contributed by atoms with van der Waals surface area (Å²) < 4.78 is 10.9. The summed E-state index contributed by atoms with van der Waals surface area (Å²) in [7, 11) is 1.59. The van der Waals surface area contributed by atoms with E-state index < -0.39 is 0 Å². The van der Waals surface area contributed by atoms with Gasteiger partial charge in [0.2, 0.25) is 0 Å². The molecule has 0 saturated heterocycles. The second-order valence-corrected chi connectivity index (χ2v) is 4.24. The van der Waals surface area contributed by atoms with Gasteiger partial charge >= 0.3 is 0 Å². The Labute approximate surface area is 107 Å². The predicted octanol–water partition coefficient (Wildman–Crippen LogP) is 3.11. The largest absolute Gasteiger partial charge is 0.493 e. The Hall–Kier alpha value is -1.19. The number of hydrogen-bond donors (Lipinski definition) is 1. The van der Waals surface area contributed by atoms with Crippen LogP contribution in [0.3, 0.4) is 0 Å². The van der Waals surface area contributed by atoms with E-state index in [0.717, 1.165) is 5.56 Å². The third-order valence-electron chi connectivity index (χ3n) is 2.08. The van der Waals surface area contributed by atoms with E-state index >= 15 is 0 Å². The Balaban J connectivity index is 3.12. The van der Waals surface area contributed by atoms with Crippen molar-refractivity contribution < 1.29 is 9.47 Å². The predicted molar refractivity (Wildman–Crippen MR) is 71.9 cm³/mol. The van der Waals surface area contributed by atoms with E-state index in [-0.39, 0.29) is 6.10 Å². The molecule has 0 spiro atoms. The highest BCUT2D eigenvalue weighted by Gasteiger charge is 2.10. The van der Waals surface area contributed by atoms with Crippen molar-refractivity contribution in [2.24, 2.45) is 5.73 Å². The van der Waals surface area contributed by atoms with Gasteiger partial charge in [-0.3, -0.25) is 0 Å². The number of halogens is 1. The molecule has 1 rings (SSSR count). The lowest BCUT2D eigenvalue weighted by Gasteiger charge is -2.15. The van der Waals surface area contributed by atoms with Gasteiger partial charge in [-0.25, -0.2) is 0 Å². The van der Waals surface area contributed by atoms with Gasteiger partial charge < -0.3 is 15.2 Å². The Morgan fingerprint density at radius 1 is 1.35 bits per heavy atom. The lowest BCUT2D eigenvalue weighted by Crippen LogP contribution is -2.07. The zero-order chi connectivity index (χ0) is 12.8. The summed E-state index contributed by atoms with van der Waals surface area (Å²) in [6.07, 6.45) is 3.79. The van der Waals surface area contributed by atoms with Crippen molar-refractivity contribution in [2.75, 3.05) is 13.7 Å². The van der Waals surface area contributed by atoms with Gasteiger partial charge in [0.15, 0.2) is 11.5 Å². The molecule has 0 atom stereocenters. The first-order valence-corrected chi connectivity index (χ1v) is 5.87. The molecule has 1 aromatic rings. The molecule has 0 aliphatic carbocycles. The molecule has 0 amide bonds. The van der Waals surface area contributed by atoms with Gasteiger partial charge in [-0.1, -0.05) is 23.8 Å². The van der Waals surface area contributed by atoms with Crippen LogP contribution in [0.4, 0.5) is 0 Å². The van der Waals surface area contributed by atoms with Gasteiger partial charge in [0.1, 0.15) is 0 Å². The van der Waals surface area contributed by atoms with Crippen LogP contribution >= 0.6 is 11.6 Å². The average Bonchev–Trinajstić information content (AvgIpc) is 2.28. The van der Waals surface area contributed by atoms with Gasteiger partial charge in [-0.2, -0.15) is 0 Å². The monoisotopic (exact) mass is 255 g/mol. The van der Waals surface area contributed by atoms with Crippen LogP contribution in [0, 0.1) is 0 Å². The van der Waals surface area contributed by atoms with Gasteiger partial charge in [0.05, 0.1) is 18.2 Å². The summed E-state index contributed by atoms with van der Waals surface area (Å²) >= 11 is 6.12. The van der Waals surface area contributed by atoms with Gasteiger partial charge in [-0.15, -0.1) is 0 Å². The molecular formula is C13H18ClNO2. The maximum absolute atomic E-state index is 6.12. The van der Waals surface area contributed by atoms with Crippen LogP contribution in [0.1, 0.15) is 19.4 Å². The van der Waals surface area contributed by atoms with Crippen LogP contribution in [0.25, 0.3) is 6.08 Å². The average molecular weight is 256 g/mol. The number of ether oxygens (including phenoxy) is 2.